The first-order valence-corrected chi connectivity index (χ1v) is 5.35. The highest BCUT2D eigenvalue weighted by Gasteiger charge is 2.38. The molecule has 0 atom stereocenters. The van der Waals surface area contributed by atoms with E-state index in [1.54, 1.807) is 27.7 Å². The molecular weight excluding hydrogens is 222 g/mol. The van der Waals surface area contributed by atoms with Crippen LogP contribution >= 0.6 is 0 Å². The molecule has 1 N–H and O–H groups in total. The number of nitrogens with one attached hydrogen (secondary N) is 1. The summed E-state index contributed by atoms with van der Waals surface area (Å²) in [6.07, 6.45) is 2.19. The zero-order valence-electron chi connectivity index (χ0n) is 10.6. The predicted molar refractivity (Wildman–Crippen MR) is 62.5 cm³/mol. The van der Waals surface area contributed by atoms with E-state index in [0.717, 1.165) is 0 Å². The van der Waals surface area contributed by atoms with Gasteiger partial charge < -0.3 is 24.5 Å². The maximum Gasteiger partial charge on any atom is 0.132 e. The minimum Gasteiger partial charge on any atom is -0.305 e. The number of rotatable bonds is 8. The molecule has 0 aromatic carbocycles. The van der Waals surface area contributed by atoms with Crippen LogP contribution in [0.15, 0.2) is 0 Å². The average molecular weight is 241 g/mol. The number of carbonyl (C=O) groups excluding carboxylic acids is 4. The standard InChI is InChI=1S/C12H19NO4/c1-11(2,9(5-14)6-15)13-12(3,4)10(7-16)8-17/h5-10,13H,1-4H3. The summed E-state index contributed by atoms with van der Waals surface area (Å²) in [6, 6.07) is 0. The Morgan fingerprint density at radius 3 is 1.12 bits per heavy atom. The minimum absolute atomic E-state index is 0.549. The van der Waals surface area contributed by atoms with Crippen LogP contribution in [0.1, 0.15) is 27.7 Å². The van der Waals surface area contributed by atoms with Gasteiger partial charge in [0.05, 0.1) is 11.8 Å². The maximum atomic E-state index is 10.8. The first-order valence-electron chi connectivity index (χ1n) is 5.35. The van der Waals surface area contributed by atoms with Crippen molar-refractivity contribution in [3.63, 3.8) is 0 Å². The molecule has 0 radical (unpaired) electrons. The average Bonchev–Trinajstić information content (AvgIpc) is 2.18. The lowest BCUT2D eigenvalue weighted by Crippen LogP contribution is -2.60. The smallest absolute Gasteiger partial charge is 0.132 e. The van der Waals surface area contributed by atoms with Crippen LogP contribution in [0, 0.1) is 11.8 Å². The fraction of sp³-hybridized carbons (Fsp3) is 0.667. The van der Waals surface area contributed by atoms with Crippen molar-refractivity contribution in [1.29, 1.82) is 0 Å². The number of hydrogen-bond donors (Lipinski definition) is 1. The molecule has 5 nitrogen and oxygen atoms in total. The molecule has 0 bridgehead atoms. The van der Waals surface area contributed by atoms with Crippen molar-refractivity contribution < 1.29 is 19.2 Å². The first-order chi connectivity index (χ1) is 7.75. The molecule has 0 aromatic heterocycles. The van der Waals surface area contributed by atoms with E-state index in [9.17, 15) is 19.2 Å². The van der Waals surface area contributed by atoms with Crippen LogP contribution in [0.5, 0.6) is 0 Å². The van der Waals surface area contributed by atoms with Crippen molar-refractivity contribution in [2.75, 3.05) is 0 Å². The fourth-order valence-electron chi connectivity index (χ4n) is 1.74. The summed E-state index contributed by atoms with van der Waals surface area (Å²) in [5.74, 6) is -1.67. The van der Waals surface area contributed by atoms with Gasteiger partial charge in [0.2, 0.25) is 0 Å². The van der Waals surface area contributed by atoms with Crippen LogP contribution < -0.4 is 5.32 Å². The normalized spacial score (nSPS) is 12.6. The Morgan fingerprint density at radius 2 is 0.941 bits per heavy atom. The lowest BCUT2D eigenvalue weighted by Gasteiger charge is -2.40. The van der Waals surface area contributed by atoms with Crippen molar-refractivity contribution in [2.45, 2.75) is 38.8 Å². The summed E-state index contributed by atoms with van der Waals surface area (Å²) in [5.41, 5.74) is -1.64. The molecule has 0 aliphatic heterocycles. The molecule has 0 saturated carbocycles. The Bertz CT molecular complexity index is 264. The molecule has 0 fully saturated rings. The maximum absolute atomic E-state index is 10.8. The lowest BCUT2D eigenvalue weighted by molar-refractivity contribution is -0.123. The zero-order chi connectivity index (χ0) is 13.7. The first kappa shape index (κ1) is 15.6. The van der Waals surface area contributed by atoms with Gasteiger partial charge in [0.25, 0.3) is 0 Å². The van der Waals surface area contributed by atoms with E-state index < -0.39 is 22.9 Å². The van der Waals surface area contributed by atoms with Gasteiger partial charge >= 0.3 is 0 Å². The van der Waals surface area contributed by atoms with E-state index in [1.165, 1.54) is 0 Å². The van der Waals surface area contributed by atoms with Gasteiger partial charge in [-0.25, -0.2) is 0 Å². The van der Waals surface area contributed by atoms with Gasteiger partial charge in [-0.05, 0) is 27.7 Å². The van der Waals surface area contributed by atoms with Gasteiger partial charge in [-0.15, -0.1) is 0 Å². The Morgan fingerprint density at radius 1 is 0.706 bits per heavy atom. The Kier molecular flexibility index (Phi) is 5.35. The van der Waals surface area contributed by atoms with Crippen molar-refractivity contribution >= 4 is 25.1 Å². The summed E-state index contributed by atoms with van der Waals surface area (Å²) in [7, 11) is 0. The summed E-state index contributed by atoms with van der Waals surface area (Å²) < 4.78 is 0. The molecule has 0 rings (SSSR count). The van der Waals surface area contributed by atoms with Crippen LogP contribution in [0.25, 0.3) is 0 Å². The highest BCUT2D eigenvalue weighted by atomic mass is 16.1. The van der Waals surface area contributed by atoms with Crippen LogP contribution in [-0.2, 0) is 19.2 Å². The molecule has 0 aromatic rings. The van der Waals surface area contributed by atoms with Gasteiger partial charge in [-0.2, -0.15) is 0 Å². The van der Waals surface area contributed by atoms with Gasteiger partial charge in [0.1, 0.15) is 25.1 Å². The molecule has 0 aliphatic carbocycles. The summed E-state index contributed by atoms with van der Waals surface area (Å²) in [6.45, 7) is 6.70. The molecular formula is C12H19NO4. The Labute approximate surface area is 101 Å². The zero-order valence-corrected chi connectivity index (χ0v) is 10.6. The van der Waals surface area contributed by atoms with Gasteiger partial charge in [0.15, 0.2) is 0 Å². The van der Waals surface area contributed by atoms with Gasteiger partial charge in [-0.1, -0.05) is 0 Å². The predicted octanol–water partition coefficient (Wildman–Crippen LogP) is 0.161. The van der Waals surface area contributed by atoms with E-state index in [2.05, 4.69) is 5.32 Å². The molecule has 96 valence electrons. The van der Waals surface area contributed by atoms with Crippen molar-refractivity contribution in [3.05, 3.63) is 0 Å². The second-order valence-electron chi connectivity index (χ2n) is 5.16. The summed E-state index contributed by atoms with van der Waals surface area (Å²) >= 11 is 0. The summed E-state index contributed by atoms with van der Waals surface area (Å²) in [5, 5.41) is 3.01. The third-order valence-corrected chi connectivity index (χ3v) is 2.90. The fourth-order valence-corrected chi connectivity index (χ4v) is 1.74. The molecule has 0 saturated heterocycles. The highest BCUT2D eigenvalue weighted by molar-refractivity contribution is 5.80. The highest BCUT2D eigenvalue weighted by Crippen LogP contribution is 2.21. The quantitative estimate of drug-likeness (QED) is 0.483. The minimum atomic E-state index is -0.833. The van der Waals surface area contributed by atoms with Gasteiger partial charge in [0, 0.05) is 11.1 Å². The third-order valence-electron chi connectivity index (χ3n) is 2.90. The second-order valence-corrected chi connectivity index (χ2v) is 5.16. The van der Waals surface area contributed by atoms with E-state index in [-0.39, 0.29) is 0 Å². The molecule has 17 heavy (non-hydrogen) atoms. The van der Waals surface area contributed by atoms with Crippen LogP contribution in [0.3, 0.4) is 0 Å². The largest absolute Gasteiger partial charge is 0.305 e. The molecule has 0 heterocycles. The van der Waals surface area contributed by atoms with E-state index in [0.29, 0.717) is 25.1 Å². The van der Waals surface area contributed by atoms with Crippen LogP contribution in [-0.4, -0.2) is 36.2 Å². The van der Waals surface area contributed by atoms with Crippen molar-refractivity contribution in [1.82, 2.24) is 5.32 Å². The molecule has 0 unspecified atom stereocenters. The molecule has 0 spiro atoms. The summed E-state index contributed by atoms with van der Waals surface area (Å²) in [4.78, 5) is 43.1. The number of aldehydes is 4. The van der Waals surface area contributed by atoms with Gasteiger partial charge in [-0.3, -0.25) is 0 Å². The van der Waals surface area contributed by atoms with Crippen LogP contribution in [0.4, 0.5) is 0 Å². The molecule has 0 aliphatic rings. The van der Waals surface area contributed by atoms with Crippen LogP contribution in [0.2, 0.25) is 0 Å². The lowest BCUT2D eigenvalue weighted by atomic mass is 9.82. The third kappa shape index (κ3) is 3.85. The van der Waals surface area contributed by atoms with E-state index >= 15 is 0 Å². The Hall–Kier alpha value is -1.36. The molecule has 0 amide bonds. The van der Waals surface area contributed by atoms with E-state index in [4.69, 9.17) is 0 Å². The topological polar surface area (TPSA) is 80.3 Å². The van der Waals surface area contributed by atoms with Crippen molar-refractivity contribution in [2.24, 2.45) is 11.8 Å². The number of hydrogen-bond acceptors (Lipinski definition) is 5. The monoisotopic (exact) mass is 241 g/mol. The SMILES string of the molecule is CC(C)(NC(C)(C)C(C=O)C=O)C(C=O)C=O. The number of carbonyl (C=O) groups is 4. The van der Waals surface area contributed by atoms with Crippen molar-refractivity contribution in [3.8, 4) is 0 Å². The van der Waals surface area contributed by atoms with E-state index in [1.807, 2.05) is 0 Å². The molecule has 5 heteroatoms. The second kappa shape index (κ2) is 5.82. The Balaban J connectivity index is 5.02.